The summed E-state index contributed by atoms with van der Waals surface area (Å²) in [7, 11) is 0. The second kappa shape index (κ2) is 5.67. The van der Waals surface area contributed by atoms with Crippen molar-refractivity contribution in [3.8, 4) is 0 Å². The zero-order valence-corrected chi connectivity index (χ0v) is 10.5. The molecule has 0 aliphatic heterocycles. The van der Waals surface area contributed by atoms with Gasteiger partial charge in [-0.05, 0) is 24.8 Å². The Morgan fingerprint density at radius 2 is 2.06 bits per heavy atom. The van der Waals surface area contributed by atoms with Crippen molar-refractivity contribution in [3.05, 3.63) is 48.6 Å². The minimum Gasteiger partial charge on any atom is -0.481 e. The highest BCUT2D eigenvalue weighted by molar-refractivity contribution is 5.81. The topological polar surface area (TPSA) is 37.3 Å². The first-order valence-electron chi connectivity index (χ1n) is 5.98. The van der Waals surface area contributed by atoms with Crippen LogP contribution >= 0.6 is 0 Å². The summed E-state index contributed by atoms with van der Waals surface area (Å²) in [6.07, 6.45) is 3.55. The van der Waals surface area contributed by atoms with Crippen molar-refractivity contribution < 1.29 is 9.90 Å². The highest BCUT2D eigenvalue weighted by atomic mass is 16.4. The highest BCUT2D eigenvalue weighted by Gasteiger charge is 2.40. The van der Waals surface area contributed by atoms with Crippen LogP contribution in [-0.2, 0) is 10.2 Å². The summed E-state index contributed by atoms with van der Waals surface area (Å²) in [4.78, 5) is 11.6. The number of carboxylic acids is 1. The fraction of sp³-hybridized carbons (Fsp3) is 0.400. The molecule has 0 saturated carbocycles. The Kier molecular flexibility index (Phi) is 4.50. The van der Waals surface area contributed by atoms with E-state index in [2.05, 4.69) is 13.5 Å². The van der Waals surface area contributed by atoms with Crippen LogP contribution < -0.4 is 0 Å². The largest absolute Gasteiger partial charge is 0.481 e. The Hall–Kier alpha value is -1.57. The lowest BCUT2D eigenvalue weighted by molar-refractivity contribution is -0.144. The molecule has 2 nitrogen and oxygen atoms in total. The van der Waals surface area contributed by atoms with Crippen molar-refractivity contribution in [1.29, 1.82) is 0 Å². The number of hydrogen-bond acceptors (Lipinski definition) is 1. The lowest BCUT2D eigenvalue weighted by atomic mass is 9.70. The Balaban J connectivity index is 3.22. The standard InChI is InChI=1S/C15H20O2/c1-4-9-12(5-2)15(3,14(16)17)13-10-7-6-8-11-13/h5-8,10-12H,2,4,9H2,1,3H3,(H,16,17)/t12-,15+/m0/s1. The van der Waals surface area contributed by atoms with E-state index in [-0.39, 0.29) is 5.92 Å². The quantitative estimate of drug-likeness (QED) is 0.760. The SMILES string of the molecule is C=C[C@@H](CCC)[C@@](C)(C(=O)O)c1ccccc1. The van der Waals surface area contributed by atoms with E-state index in [4.69, 9.17) is 0 Å². The molecule has 0 bridgehead atoms. The minimum absolute atomic E-state index is 0.0487. The first kappa shape index (κ1) is 13.5. The van der Waals surface area contributed by atoms with Gasteiger partial charge in [0, 0.05) is 0 Å². The predicted octanol–water partition coefficient (Wildman–Crippen LogP) is 3.63. The van der Waals surface area contributed by atoms with Crippen molar-refractivity contribution in [2.75, 3.05) is 0 Å². The van der Waals surface area contributed by atoms with E-state index in [1.807, 2.05) is 30.3 Å². The lowest BCUT2D eigenvalue weighted by Crippen LogP contribution is -2.39. The van der Waals surface area contributed by atoms with Gasteiger partial charge in [-0.1, -0.05) is 49.8 Å². The molecule has 0 amide bonds. The number of aliphatic carboxylic acids is 1. The smallest absolute Gasteiger partial charge is 0.314 e. The third kappa shape index (κ3) is 2.57. The van der Waals surface area contributed by atoms with Crippen molar-refractivity contribution in [2.45, 2.75) is 32.1 Å². The van der Waals surface area contributed by atoms with Gasteiger partial charge in [-0.15, -0.1) is 6.58 Å². The Morgan fingerprint density at radius 3 is 2.47 bits per heavy atom. The van der Waals surface area contributed by atoms with Crippen LogP contribution in [0.5, 0.6) is 0 Å². The minimum atomic E-state index is -0.890. The summed E-state index contributed by atoms with van der Waals surface area (Å²) >= 11 is 0. The summed E-state index contributed by atoms with van der Waals surface area (Å²) in [5.74, 6) is -0.838. The number of carbonyl (C=O) groups is 1. The van der Waals surface area contributed by atoms with E-state index < -0.39 is 11.4 Å². The van der Waals surface area contributed by atoms with Gasteiger partial charge in [0.2, 0.25) is 0 Å². The van der Waals surface area contributed by atoms with E-state index in [9.17, 15) is 9.90 Å². The average Bonchev–Trinajstić information content (AvgIpc) is 2.35. The van der Waals surface area contributed by atoms with Crippen LogP contribution in [0.15, 0.2) is 43.0 Å². The molecule has 0 aliphatic rings. The molecule has 1 N–H and O–H groups in total. The van der Waals surface area contributed by atoms with Crippen LogP contribution in [0.3, 0.4) is 0 Å². The van der Waals surface area contributed by atoms with Gasteiger partial charge in [-0.3, -0.25) is 4.79 Å². The van der Waals surface area contributed by atoms with E-state index in [0.29, 0.717) is 0 Å². The van der Waals surface area contributed by atoms with E-state index >= 15 is 0 Å². The first-order valence-corrected chi connectivity index (χ1v) is 5.98. The molecule has 0 saturated heterocycles. The normalized spacial score (nSPS) is 15.9. The number of hydrogen-bond donors (Lipinski definition) is 1. The van der Waals surface area contributed by atoms with Gasteiger partial charge in [0.25, 0.3) is 0 Å². The molecule has 0 fully saturated rings. The van der Waals surface area contributed by atoms with Gasteiger partial charge in [-0.2, -0.15) is 0 Å². The molecule has 17 heavy (non-hydrogen) atoms. The zero-order valence-electron chi connectivity index (χ0n) is 10.5. The van der Waals surface area contributed by atoms with Crippen molar-refractivity contribution in [1.82, 2.24) is 0 Å². The molecular formula is C15H20O2. The van der Waals surface area contributed by atoms with Gasteiger partial charge in [0.15, 0.2) is 0 Å². The lowest BCUT2D eigenvalue weighted by Gasteiger charge is -2.32. The van der Waals surface area contributed by atoms with E-state index in [1.54, 1.807) is 13.0 Å². The summed E-state index contributed by atoms with van der Waals surface area (Å²) in [5, 5.41) is 9.57. The second-order valence-corrected chi connectivity index (χ2v) is 4.50. The Morgan fingerprint density at radius 1 is 1.47 bits per heavy atom. The fourth-order valence-corrected chi connectivity index (χ4v) is 2.23. The molecule has 0 aromatic heterocycles. The zero-order chi connectivity index (χ0) is 12.9. The highest BCUT2D eigenvalue weighted by Crippen LogP contribution is 2.36. The molecule has 1 aromatic carbocycles. The van der Waals surface area contributed by atoms with Gasteiger partial charge < -0.3 is 5.11 Å². The summed E-state index contributed by atoms with van der Waals surface area (Å²) < 4.78 is 0. The molecule has 0 radical (unpaired) electrons. The van der Waals surface area contributed by atoms with Gasteiger partial charge in [0.1, 0.15) is 0 Å². The molecular weight excluding hydrogens is 212 g/mol. The van der Waals surface area contributed by atoms with Crippen molar-refractivity contribution in [3.63, 3.8) is 0 Å². The van der Waals surface area contributed by atoms with Crippen molar-refractivity contribution in [2.24, 2.45) is 5.92 Å². The maximum atomic E-state index is 11.6. The van der Waals surface area contributed by atoms with E-state index in [0.717, 1.165) is 18.4 Å². The number of benzene rings is 1. The second-order valence-electron chi connectivity index (χ2n) is 4.50. The molecule has 1 aromatic rings. The van der Waals surface area contributed by atoms with Crippen LogP contribution in [0.25, 0.3) is 0 Å². The van der Waals surface area contributed by atoms with Gasteiger partial charge in [0.05, 0.1) is 5.41 Å². The number of carboxylic acid groups (broad SMARTS) is 1. The number of allylic oxidation sites excluding steroid dienone is 1. The van der Waals surface area contributed by atoms with Crippen molar-refractivity contribution >= 4 is 5.97 Å². The molecule has 2 atom stereocenters. The van der Waals surface area contributed by atoms with Crippen LogP contribution in [0.2, 0.25) is 0 Å². The van der Waals surface area contributed by atoms with E-state index in [1.165, 1.54) is 0 Å². The molecule has 0 heterocycles. The van der Waals surface area contributed by atoms with Crippen LogP contribution in [-0.4, -0.2) is 11.1 Å². The maximum Gasteiger partial charge on any atom is 0.314 e. The van der Waals surface area contributed by atoms with Crippen LogP contribution in [0.1, 0.15) is 32.3 Å². The van der Waals surface area contributed by atoms with Gasteiger partial charge in [-0.25, -0.2) is 0 Å². The Bertz CT molecular complexity index is 383. The van der Waals surface area contributed by atoms with Gasteiger partial charge >= 0.3 is 5.97 Å². The monoisotopic (exact) mass is 232 g/mol. The first-order chi connectivity index (χ1) is 8.07. The third-order valence-electron chi connectivity index (χ3n) is 3.44. The summed E-state index contributed by atoms with van der Waals surface area (Å²) in [6, 6.07) is 9.40. The summed E-state index contributed by atoms with van der Waals surface area (Å²) in [5.41, 5.74) is -0.0511. The predicted molar refractivity (Wildman–Crippen MR) is 70.0 cm³/mol. The fourth-order valence-electron chi connectivity index (χ4n) is 2.23. The third-order valence-corrected chi connectivity index (χ3v) is 3.44. The average molecular weight is 232 g/mol. The molecule has 2 heteroatoms. The number of rotatable bonds is 6. The molecule has 1 rings (SSSR count). The molecule has 0 spiro atoms. The molecule has 0 aliphatic carbocycles. The molecule has 0 unspecified atom stereocenters. The summed E-state index contributed by atoms with van der Waals surface area (Å²) in [6.45, 7) is 7.63. The van der Waals surface area contributed by atoms with Crippen LogP contribution in [0, 0.1) is 5.92 Å². The maximum absolute atomic E-state index is 11.6. The Labute approximate surface area is 103 Å². The molecule has 92 valence electrons. The van der Waals surface area contributed by atoms with Crippen LogP contribution in [0.4, 0.5) is 0 Å².